The number of nitrogens with one attached hydrogen (secondary N) is 1. The van der Waals surface area contributed by atoms with Gasteiger partial charge in [0.25, 0.3) is 0 Å². The van der Waals surface area contributed by atoms with Crippen molar-refractivity contribution in [3.63, 3.8) is 0 Å². The van der Waals surface area contributed by atoms with E-state index in [0.29, 0.717) is 26.4 Å². The number of fused-ring (bicyclic) bond motifs is 1. The summed E-state index contributed by atoms with van der Waals surface area (Å²) in [6, 6.07) is 16.3. The fourth-order valence-electron chi connectivity index (χ4n) is 2.34. The monoisotopic (exact) mass is 299 g/mol. The predicted molar refractivity (Wildman–Crippen MR) is 85.2 cm³/mol. The van der Waals surface area contributed by atoms with Crippen LogP contribution in [-0.4, -0.2) is 26.4 Å². The first-order chi connectivity index (χ1) is 10.9. The summed E-state index contributed by atoms with van der Waals surface area (Å²) in [5, 5.41) is 3.37. The molecule has 0 saturated carbocycles. The van der Waals surface area contributed by atoms with Gasteiger partial charge < -0.3 is 19.5 Å². The lowest BCUT2D eigenvalue weighted by Gasteiger charge is -2.18. The van der Waals surface area contributed by atoms with Gasteiger partial charge in [0.2, 0.25) is 0 Å². The van der Waals surface area contributed by atoms with Crippen LogP contribution in [0.5, 0.6) is 11.5 Å². The molecule has 116 valence electrons. The van der Waals surface area contributed by atoms with Crippen molar-refractivity contribution in [1.29, 1.82) is 0 Å². The first kappa shape index (κ1) is 14.9. The Morgan fingerprint density at radius 2 is 1.73 bits per heavy atom. The van der Waals surface area contributed by atoms with Gasteiger partial charge in [-0.05, 0) is 23.3 Å². The molecule has 1 aliphatic heterocycles. The fraction of sp³-hybridized carbons (Fsp3) is 0.333. The third-order valence-corrected chi connectivity index (χ3v) is 3.47. The van der Waals surface area contributed by atoms with E-state index >= 15 is 0 Å². The average molecular weight is 299 g/mol. The summed E-state index contributed by atoms with van der Waals surface area (Å²) >= 11 is 0. The molecule has 1 N–H and O–H groups in total. The van der Waals surface area contributed by atoms with Crippen LogP contribution in [0.25, 0.3) is 0 Å². The highest BCUT2D eigenvalue weighted by atomic mass is 16.6. The summed E-state index contributed by atoms with van der Waals surface area (Å²) in [6.07, 6.45) is 0. The minimum absolute atomic E-state index is 0.587. The van der Waals surface area contributed by atoms with Gasteiger partial charge in [0, 0.05) is 13.1 Å². The van der Waals surface area contributed by atoms with E-state index in [4.69, 9.17) is 14.2 Å². The summed E-state index contributed by atoms with van der Waals surface area (Å²) in [5.41, 5.74) is 2.39. The first-order valence-electron chi connectivity index (χ1n) is 7.63. The zero-order chi connectivity index (χ0) is 15.0. The molecular weight excluding hydrogens is 278 g/mol. The molecule has 4 heteroatoms. The number of rotatable bonds is 7. The maximum atomic E-state index is 5.69. The molecule has 3 rings (SSSR count). The van der Waals surface area contributed by atoms with Crippen LogP contribution in [0.15, 0.2) is 48.5 Å². The topological polar surface area (TPSA) is 39.7 Å². The zero-order valence-corrected chi connectivity index (χ0v) is 12.6. The van der Waals surface area contributed by atoms with Crippen molar-refractivity contribution in [2.45, 2.75) is 13.2 Å². The number of ether oxygens (including phenoxy) is 3. The van der Waals surface area contributed by atoms with Gasteiger partial charge in [0.05, 0.1) is 13.2 Å². The summed E-state index contributed by atoms with van der Waals surface area (Å²) in [7, 11) is 0. The Kier molecular flexibility index (Phi) is 5.29. The van der Waals surface area contributed by atoms with Crippen molar-refractivity contribution < 1.29 is 14.2 Å². The lowest BCUT2D eigenvalue weighted by atomic mass is 10.2. The van der Waals surface area contributed by atoms with E-state index < -0.39 is 0 Å². The molecule has 0 unspecified atom stereocenters. The molecule has 0 amide bonds. The minimum atomic E-state index is 0.587. The maximum absolute atomic E-state index is 5.69. The van der Waals surface area contributed by atoms with Crippen LogP contribution in [0.1, 0.15) is 11.1 Å². The van der Waals surface area contributed by atoms with Gasteiger partial charge in [-0.25, -0.2) is 0 Å². The first-order valence-corrected chi connectivity index (χ1v) is 7.63. The molecule has 2 aromatic rings. The molecule has 0 bridgehead atoms. The van der Waals surface area contributed by atoms with E-state index in [1.54, 1.807) is 0 Å². The molecule has 0 radical (unpaired) electrons. The zero-order valence-electron chi connectivity index (χ0n) is 12.6. The van der Waals surface area contributed by atoms with Crippen LogP contribution in [-0.2, 0) is 17.9 Å². The highest BCUT2D eigenvalue weighted by molar-refractivity contribution is 5.43. The maximum Gasteiger partial charge on any atom is 0.161 e. The van der Waals surface area contributed by atoms with Crippen LogP contribution >= 0.6 is 0 Å². The second kappa shape index (κ2) is 7.82. The standard InChI is InChI=1S/C18H21NO3/c1-2-4-15(5-3-1)13-19-8-9-20-14-16-6-7-17-18(12-16)22-11-10-21-17/h1-7,12,19H,8-11,13-14H2. The molecule has 0 aromatic heterocycles. The third kappa shape index (κ3) is 4.23. The summed E-state index contributed by atoms with van der Waals surface area (Å²) < 4.78 is 16.8. The van der Waals surface area contributed by atoms with Crippen LogP contribution in [0.4, 0.5) is 0 Å². The van der Waals surface area contributed by atoms with E-state index in [1.165, 1.54) is 5.56 Å². The van der Waals surface area contributed by atoms with E-state index in [2.05, 4.69) is 29.6 Å². The SMILES string of the molecule is c1ccc(CNCCOCc2ccc3c(c2)OCCO3)cc1. The molecule has 1 aliphatic rings. The van der Waals surface area contributed by atoms with Crippen molar-refractivity contribution in [3.8, 4) is 11.5 Å². The van der Waals surface area contributed by atoms with Gasteiger partial charge in [-0.1, -0.05) is 36.4 Å². The molecular formula is C18H21NO3. The summed E-state index contributed by atoms with van der Waals surface area (Å²) in [6.45, 7) is 4.20. The van der Waals surface area contributed by atoms with Crippen molar-refractivity contribution in [1.82, 2.24) is 5.32 Å². The van der Waals surface area contributed by atoms with E-state index in [-0.39, 0.29) is 0 Å². The van der Waals surface area contributed by atoms with Gasteiger partial charge in [0.1, 0.15) is 13.2 Å². The molecule has 0 aliphatic carbocycles. The van der Waals surface area contributed by atoms with Crippen molar-refractivity contribution in [3.05, 3.63) is 59.7 Å². The second-order valence-corrected chi connectivity index (χ2v) is 5.19. The Morgan fingerprint density at radius 1 is 0.909 bits per heavy atom. The Balaban J connectivity index is 1.35. The van der Waals surface area contributed by atoms with Crippen LogP contribution in [0.3, 0.4) is 0 Å². The highest BCUT2D eigenvalue weighted by Gasteiger charge is 2.11. The van der Waals surface area contributed by atoms with Gasteiger partial charge in [0.15, 0.2) is 11.5 Å². The average Bonchev–Trinajstić information content (AvgIpc) is 2.59. The van der Waals surface area contributed by atoms with Crippen molar-refractivity contribution in [2.75, 3.05) is 26.4 Å². The van der Waals surface area contributed by atoms with Gasteiger partial charge in [-0.2, -0.15) is 0 Å². The number of benzene rings is 2. The number of hydrogen-bond donors (Lipinski definition) is 1. The molecule has 1 heterocycles. The fourth-order valence-corrected chi connectivity index (χ4v) is 2.34. The van der Waals surface area contributed by atoms with E-state index in [0.717, 1.165) is 30.2 Å². The lowest BCUT2D eigenvalue weighted by molar-refractivity contribution is 0.121. The second-order valence-electron chi connectivity index (χ2n) is 5.19. The predicted octanol–water partition coefficient (Wildman–Crippen LogP) is 2.76. The Bertz CT molecular complexity index is 586. The third-order valence-electron chi connectivity index (χ3n) is 3.47. The Labute approximate surface area is 131 Å². The number of hydrogen-bond acceptors (Lipinski definition) is 4. The molecule has 22 heavy (non-hydrogen) atoms. The van der Waals surface area contributed by atoms with Crippen LogP contribution in [0.2, 0.25) is 0 Å². The Hall–Kier alpha value is -2.04. The molecule has 0 fully saturated rings. The Morgan fingerprint density at radius 3 is 2.59 bits per heavy atom. The van der Waals surface area contributed by atoms with Crippen molar-refractivity contribution >= 4 is 0 Å². The summed E-state index contributed by atoms with van der Waals surface area (Å²) in [4.78, 5) is 0. The van der Waals surface area contributed by atoms with Gasteiger partial charge >= 0.3 is 0 Å². The molecule has 0 atom stereocenters. The smallest absolute Gasteiger partial charge is 0.161 e. The quantitative estimate of drug-likeness (QED) is 0.798. The molecule has 0 saturated heterocycles. The summed E-state index contributed by atoms with van der Waals surface area (Å²) in [5.74, 6) is 1.63. The van der Waals surface area contributed by atoms with Gasteiger partial charge in [-0.3, -0.25) is 0 Å². The normalized spacial score (nSPS) is 13.1. The lowest BCUT2D eigenvalue weighted by Crippen LogP contribution is -2.19. The van der Waals surface area contributed by atoms with Crippen LogP contribution in [0, 0.1) is 0 Å². The van der Waals surface area contributed by atoms with Crippen LogP contribution < -0.4 is 14.8 Å². The van der Waals surface area contributed by atoms with E-state index in [9.17, 15) is 0 Å². The largest absolute Gasteiger partial charge is 0.486 e. The van der Waals surface area contributed by atoms with Crippen molar-refractivity contribution in [2.24, 2.45) is 0 Å². The molecule has 2 aromatic carbocycles. The molecule has 0 spiro atoms. The highest BCUT2D eigenvalue weighted by Crippen LogP contribution is 2.30. The molecule has 4 nitrogen and oxygen atoms in total. The minimum Gasteiger partial charge on any atom is -0.486 e. The van der Waals surface area contributed by atoms with Gasteiger partial charge in [-0.15, -0.1) is 0 Å². The van der Waals surface area contributed by atoms with E-state index in [1.807, 2.05) is 24.3 Å².